The highest BCUT2D eigenvalue weighted by Gasteiger charge is 2.03. The van der Waals surface area contributed by atoms with Crippen molar-refractivity contribution in [3.63, 3.8) is 0 Å². The molecule has 0 saturated heterocycles. The van der Waals surface area contributed by atoms with Crippen LogP contribution >= 0.6 is 0 Å². The average Bonchev–Trinajstić information content (AvgIpc) is 2.09. The van der Waals surface area contributed by atoms with E-state index in [1.807, 2.05) is 6.92 Å². The molecule has 0 radical (unpaired) electrons. The summed E-state index contributed by atoms with van der Waals surface area (Å²) in [6, 6.07) is 0.286. The van der Waals surface area contributed by atoms with Gasteiger partial charge in [0.05, 0.1) is 0 Å². The maximum absolute atomic E-state index is 10.2. The van der Waals surface area contributed by atoms with Gasteiger partial charge in [-0.3, -0.25) is 4.79 Å². The van der Waals surface area contributed by atoms with Crippen LogP contribution in [0.4, 0.5) is 0 Å². The van der Waals surface area contributed by atoms with E-state index in [4.69, 9.17) is 10.8 Å². The minimum absolute atomic E-state index is 0.241. The van der Waals surface area contributed by atoms with Crippen LogP contribution in [0, 0.1) is 0 Å². The van der Waals surface area contributed by atoms with Gasteiger partial charge in [-0.25, -0.2) is 0 Å². The Labute approximate surface area is 79.5 Å². The molecule has 0 aliphatic heterocycles. The number of rotatable bonds is 8. The fraction of sp³-hybridized carbons (Fsp3) is 0.889. The number of nitrogens with two attached hydrogens (primary N) is 1. The van der Waals surface area contributed by atoms with Crippen LogP contribution in [-0.4, -0.2) is 30.2 Å². The number of hydrogen-bond donors (Lipinski definition) is 3. The van der Waals surface area contributed by atoms with Crippen LogP contribution < -0.4 is 11.1 Å². The maximum Gasteiger partial charge on any atom is 0.303 e. The lowest BCUT2D eigenvalue weighted by Crippen LogP contribution is -2.27. The van der Waals surface area contributed by atoms with Crippen LogP contribution in [-0.2, 0) is 4.79 Å². The van der Waals surface area contributed by atoms with Gasteiger partial charge in [-0.2, -0.15) is 0 Å². The lowest BCUT2D eigenvalue weighted by molar-refractivity contribution is -0.137. The van der Waals surface area contributed by atoms with Crippen molar-refractivity contribution in [1.29, 1.82) is 0 Å². The van der Waals surface area contributed by atoms with E-state index < -0.39 is 5.97 Å². The normalized spacial score (nSPS) is 12.8. The largest absolute Gasteiger partial charge is 0.481 e. The summed E-state index contributed by atoms with van der Waals surface area (Å²) < 4.78 is 0. The molecule has 0 saturated carbocycles. The second-order valence-corrected chi connectivity index (χ2v) is 3.28. The summed E-state index contributed by atoms with van der Waals surface area (Å²) in [6.07, 6.45) is 3.02. The predicted octanol–water partition coefficient (Wildman–Crippen LogP) is 0.568. The average molecular weight is 188 g/mol. The Morgan fingerprint density at radius 2 is 2.23 bits per heavy atom. The van der Waals surface area contributed by atoms with E-state index in [1.165, 1.54) is 0 Å². The molecular formula is C9H20N2O2. The Hall–Kier alpha value is -0.610. The Bertz CT molecular complexity index is 140. The quantitative estimate of drug-likeness (QED) is 0.487. The molecule has 4 nitrogen and oxygen atoms in total. The summed E-state index contributed by atoms with van der Waals surface area (Å²) in [4.78, 5) is 10.2. The first-order valence-electron chi connectivity index (χ1n) is 4.82. The summed E-state index contributed by atoms with van der Waals surface area (Å²) >= 11 is 0. The van der Waals surface area contributed by atoms with Crippen molar-refractivity contribution < 1.29 is 9.90 Å². The lowest BCUT2D eigenvalue weighted by Gasteiger charge is -2.11. The third kappa shape index (κ3) is 9.30. The van der Waals surface area contributed by atoms with E-state index in [-0.39, 0.29) is 12.5 Å². The summed E-state index contributed by atoms with van der Waals surface area (Å²) in [6.45, 7) is 3.66. The maximum atomic E-state index is 10.2. The Morgan fingerprint density at radius 3 is 2.77 bits per heavy atom. The van der Waals surface area contributed by atoms with Crippen molar-refractivity contribution >= 4 is 5.97 Å². The smallest absolute Gasteiger partial charge is 0.303 e. The second kappa shape index (κ2) is 8.01. The molecule has 0 bridgehead atoms. The molecule has 0 rings (SSSR count). The van der Waals surface area contributed by atoms with Gasteiger partial charge in [-0.15, -0.1) is 0 Å². The van der Waals surface area contributed by atoms with Gasteiger partial charge < -0.3 is 16.2 Å². The number of unbranched alkanes of at least 4 members (excludes halogenated alkanes) is 1. The standard InChI is InChI=1S/C9H20N2O2/c1-8(4-5-9(12)13)11-7-3-2-6-10/h8,11H,2-7,10H2,1H3,(H,12,13). The second-order valence-electron chi connectivity index (χ2n) is 3.28. The van der Waals surface area contributed by atoms with Gasteiger partial charge in [0, 0.05) is 12.5 Å². The number of nitrogens with one attached hydrogen (secondary N) is 1. The minimum Gasteiger partial charge on any atom is -0.481 e. The van der Waals surface area contributed by atoms with Crippen molar-refractivity contribution in [1.82, 2.24) is 5.32 Å². The molecule has 0 spiro atoms. The van der Waals surface area contributed by atoms with Gasteiger partial charge in [0.15, 0.2) is 0 Å². The zero-order chi connectivity index (χ0) is 10.1. The van der Waals surface area contributed by atoms with Crippen molar-refractivity contribution in [3.05, 3.63) is 0 Å². The highest BCUT2D eigenvalue weighted by atomic mass is 16.4. The fourth-order valence-electron chi connectivity index (χ4n) is 1.06. The number of hydrogen-bond acceptors (Lipinski definition) is 3. The van der Waals surface area contributed by atoms with Crippen LogP contribution in [0.5, 0.6) is 0 Å². The van der Waals surface area contributed by atoms with Crippen LogP contribution in [0.3, 0.4) is 0 Å². The van der Waals surface area contributed by atoms with Gasteiger partial charge in [0.25, 0.3) is 0 Å². The summed E-state index contributed by atoms with van der Waals surface area (Å²) in [5.41, 5.74) is 5.34. The first kappa shape index (κ1) is 12.4. The van der Waals surface area contributed by atoms with Crippen molar-refractivity contribution in [2.75, 3.05) is 13.1 Å². The predicted molar refractivity (Wildman–Crippen MR) is 52.6 cm³/mol. The van der Waals surface area contributed by atoms with Crippen molar-refractivity contribution in [2.24, 2.45) is 5.73 Å². The highest BCUT2D eigenvalue weighted by Crippen LogP contribution is 1.96. The molecule has 0 aliphatic carbocycles. The van der Waals surface area contributed by atoms with E-state index in [9.17, 15) is 4.79 Å². The fourth-order valence-corrected chi connectivity index (χ4v) is 1.06. The van der Waals surface area contributed by atoms with Gasteiger partial charge in [0.1, 0.15) is 0 Å². The molecule has 13 heavy (non-hydrogen) atoms. The molecule has 1 atom stereocenters. The topological polar surface area (TPSA) is 75.3 Å². The van der Waals surface area contributed by atoms with E-state index in [2.05, 4.69) is 5.32 Å². The summed E-state index contributed by atoms with van der Waals surface area (Å²) in [5, 5.41) is 11.7. The monoisotopic (exact) mass is 188 g/mol. The molecule has 0 aromatic carbocycles. The molecule has 0 aromatic rings. The molecule has 0 amide bonds. The zero-order valence-corrected chi connectivity index (χ0v) is 8.25. The molecular weight excluding hydrogens is 168 g/mol. The number of aliphatic carboxylic acids is 1. The zero-order valence-electron chi connectivity index (χ0n) is 8.25. The van der Waals surface area contributed by atoms with Gasteiger partial charge in [-0.1, -0.05) is 0 Å². The first-order chi connectivity index (χ1) is 6.16. The number of carboxylic acid groups (broad SMARTS) is 1. The molecule has 4 heteroatoms. The SMILES string of the molecule is CC(CCC(=O)O)NCCCCN. The molecule has 0 aromatic heterocycles. The Morgan fingerprint density at radius 1 is 1.54 bits per heavy atom. The molecule has 0 fully saturated rings. The van der Waals surface area contributed by atoms with Crippen LogP contribution in [0.1, 0.15) is 32.6 Å². The van der Waals surface area contributed by atoms with E-state index in [1.54, 1.807) is 0 Å². The molecule has 0 heterocycles. The van der Waals surface area contributed by atoms with Gasteiger partial charge in [-0.05, 0) is 39.3 Å². The highest BCUT2D eigenvalue weighted by molar-refractivity contribution is 5.66. The van der Waals surface area contributed by atoms with Crippen molar-refractivity contribution in [3.8, 4) is 0 Å². The van der Waals surface area contributed by atoms with E-state index in [0.29, 0.717) is 6.42 Å². The molecule has 1 unspecified atom stereocenters. The van der Waals surface area contributed by atoms with Gasteiger partial charge >= 0.3 is 5.97 Å². The summed E-state index contributed by atoms with van der Waals surface area (Å²) in [7, 11) is 0. The molecule has 78 valence electrons. The minimum atomic E-state index is -0.726. The lowest BCUT2D eigenvalue weighted by atomic mass is 10.2. The van der Waals surface area contributed by atoms with Gasteiger partial charge in [0.2, 0.25) is 0 Å². The van der Waals surface area contributed by atoms with E-state index in [0.717, 1.165) is 25.9 Å². The van der Waals surface area contributed by atoms with E-state index >= 15 is 0 Å². The Kier molecular flexibility index (Phi) is 7.63. The summed E-state index contributed by atoms with van der Waals surface area (Å²) in [5.74, 6) is -0.726. The molecule has 0 aliphatic rings. The van der Waals surface area contributed by atoms with Crippen LogP contribution in [0.2, 0.25) is 0 Å². The Balaban J connectivity index is 3.19. The number of carbonyl (C=O) groups is 1. The van der Waals surface area contributed by atoms with Crippen LogP contribution in [0.25, 0.3) is 0 Å². The number of carboxylic acids is 1. The molecule has 4 N–H and O–H groups in total. The van der Waals surface area contributed by atoms with Crippen molar-refractivity contribution in [2.45, 2.75) is 38.6 Å². The third-order valence-corrected chi connectivity index (χ3v) is 1.91. The third-order valence-electron chi connectivity index (χ3n) is 1.91. The van der Waals surface area contributed by atoms with Crippen LogP contribution in [0.15, 0.2) is 0 Å². The first-order valence-corrected chi connectivity index (χ1v) is 4.82.